The summed E-state index contributed by atoms with van der Waals surface area (Å²) < 4.78 is 5.36. The molecule has 118 valence electrons. The van der Waals surface area contributed by atoms with E-state index in [4.69, 9.17) is 9.84 Å². The van der Waals surface area contributed by atoms with Crippen LogP contribution in [0.2, 0.25) is 0 Å². The molecular weight excluding hydrogens is 260 g/mol. The van der Waals surface area contributed by atoms with Gasteiger partial charge in [-0.1, -0.05) is 34.1 Å². The first-order valence-corrected chi connectivity index (χ1v) is 7.23. The van der Waals surface area contributed by atoms with Crippen LogP contribution in [0.3, 0.4) is 0 Å². The predicted octanol–water partition coefficient (Wildman–Crippen LogP) is 1.85. The van der Waals surface area contributed by atoms with Gasteiger partial charge >= 0.3 is 12.0 Å². The van der Waals surface area contributed by atoms with Crippen LogP contribution in [0.5, 0.6) is 0 Å². The van der Waals surface area contributed by atoms with Gasteiger partial charge in [0.15, 0.2) is 0 Å². The van der Waals surface area contributed by atoms with Crippen molar-refractivity contribution in [3.05, 3.63) is 0 Å². The molecule has 1 unspecified atom stereocenters. The van der Waals surface area contributed by atoms with Crippen molar-refractivity contribution in [1.29, 1.82) is 0 Å². The molecule has 0 bridgehead atoms. The number of rotatable bonds is 10. The summed E-state index contributed by atoms with van der Waals surface area (Å²) in [5.41, 5.74) is 0. The largest absolute Gasteiger partial charge is 0.480 e. The van der Waals surface area contributed by atoms with Crippen LogP contribution in [-0.4, -0.2) is 42.9 Å². The molecule has 0 spiro atoms. The summed E-state index contributed by atoms with van der Waals surface area (Å²) in [7, 11) is 0. The van der Waals surface area contributed by atoms with Gasteiger partial charge in [-0.25, -0.2) is 9.59 Å². The molecule has 0 aliphatic carbocycles. The molecule has 0 rings (SSSR count). The Morgan fingerprint density at radius 1 is 1.20 bits per heavy atom. The number of carbonyl (C=O) groups is 2. The fourth-order valence-electron chi connectivity index (χ4n) is 1.53. The number of carboxylic acids is 1. The Bertz CT molecular complexity index is 295. The van der Waals surface area contributed by atoms with E-state index in [9.17, 15) is 9.59 Å². The first-order chi connectivity index (χ1) is 9.38. The molecule has 0 fully saturated rings. The van der Waals surface area contributed by atoms with E-state index in [0.29, 0.717) is 32.1 Å². The van der Waals surface area contributed by atoms with E-state index in [1.54, 1.807) is 6.92 Å². The van der Waals surface area contributed by atoms with Gasteiger partial charge in [-0.05, 0) is 18.3 Å². The van der Waals surface area contributed by atoms with Crippen molar-refractivity contribution in [3.63, 3.8) is 0 Å². The lowest BCUT2D eigenvalue weighted by molar-refractivity contribution is -0.140. The lowest BCUT2D eigenvalue weighted by Gasteiger charge is -2.20. The van der Waals surface area contributed by atoms with Gasteiger partial charge in [0.05, 0.1) is 6.61 Å². The van der Waals surface area contributed by atoms with Crippen molar-refractivity contribution >= 4 is 12.0 Å². The Labute approximate surface area is 121 Å². The Morgan fingerprint density at radius 3 is 2.35 bits per heavy atom. The minimum atomic E-state index is -1.01. The van der Waals surface area contributed by atoms with Gasteiger partial charge in [-0.15, -0.1) is 0 Å². The van der Waals surface area contributed by atoms with Gasteiger partial charge < -0.3 is 20.5 Å². The maximum Gasteiger partial charge on any atom is 0.326 e. The van der Waals surface area contributed by atoms with E-state index >= 15 is 0 Å². The topological polar surface area (TPSA) is 87.7 Å². The normalized spacial score (nSPS) is 13.8. The molecule has 0 aliphatic rings. The minimum Gasteiger partial charge on any atom is -0.480 e. The Kier molecular flexibility index (Phi) is 9.80. The van der Waals surface area contributed by atoms with Crippen LogP contribution in [0, 0.1) is 11.8 Å². The molecule has 0 aromatic heterocycles. The second-order valence-corrected chi connectivity index (χ2v) is 5.40. The molecule has 0 saturated heterocycles. The number of carbonyl (C=O) groups excluding carboxylic acids is 1. The molecule has 6 heteroatoms. The average molecular weight is 288 g/mol. The number of nitrogens with one attached hydrogen (secondary N) is 2. The molecule has 20 heavy (non-hydrogen) atoms. The molecule has 2 atom stereocenters. The highest BCUT2D eigenvalue weighted by atomic mass is 16.5. The lowest BCUT2D eigenvalue weighted by Crippen LogP contribution is -2.49. The number of aliphatic carboxylic acids is 1. The maximum atomic E-state index is 11.6. The molecule has 2 amide bonds. The molecule has 0 heterocycles. The third-order valence-corrected chi connectivity index (χ3v) is 3.14. The van der Waals surface area contributed by atoms with Crippen molar-refractivity contribution in [2.75, 3.05) is 19.8 Å². The van der Waals surface area contributed by atoms with Crippen molar-refractivity contribution < 1.29 is 19.4 Å². The molecule has 0 radical (unpaired) electrons. The zero-order valence-corrected chi connectivity index (χ0v) is 12.9. The molecule has 0 aromatic rings. The average Bonchev–Trinajstić information content (AvgIpc) is 2.38. The van der Waals surface area contributed by atoms with Crippen molar-refractivity contribution in [1.82, 2.24) is 10.6 Å². The molecule has 6 nitrogen and oxygen atoms in total. The second-order valence-electron chi connectivity index (χ2n) is 5.40. The Morgan fingerprint density at radius 2 is 1.85 bits per heavy atom. The summed E-state index contributed by atoms with van der Waals surface area (Å²) in [5.74, 6) is -0.527. The van der Waals surface area contributed by atoms with E-state index in [0.717, 1.165) is 6.42 Å². The van der Waals surface area contributed by atoms with Crippen LogP contribution < -0.4 is 10.6 Å². The highest BCUT2D eigenvalue weighted by molar-refractivity contribution is 5.82. The summed E-state index contributed by atoms with van der Waals surface area (Å²) in [5, 5.41) is 14.1. The number of hydrogen-bond acceptors (Lipinski definition) is 3. The number of carboxylic acid groups (broad SMARTS) is 1. The summed E-state index contributed by atoms with van der Waals surface area (Å²) in [6.07, 6.45) is 1.68. The van der Waals surface area contributed by atoms with Crippen LogP contribution >= 0.6 is 0 Å². The summed E-state index contributed by atoms with van der Waals surface area (Å²) >= 11 is 0. The molecular formula is C14H28N2O4. The first kappa shape index (κ1) is 18.7. The number of urea groups is 1. The van der Waals surface area contributed by atoms with Gasteiger partial charge in [-0.2, -0.15) is 0 Å². The third-order valence-electron chi connectivity index (χ3n) is 3.14. The van der Waals surface area contributed by atoms with Crippen LogP contribution in [0.25, 0.3) is 0 Å². The van der Waals surface area contributed by atoms with E-state index in [1.165, 1.54) is 0 Å². The molecule has 3 N–H and O–H groups in total. The quantitative estimate of drug-likeness (QED) is 0.535. The SMILES string of the molecule is CCC(C)[C@H](NC(=O)NCCOCCC(C)C)C(=O)O. The fraction of sp³-hybridized carbons (Fsp3) is 0.857. The monoisotopic (exact) mass is 288 g/mol. The van der Waals surface area contributed by atoms with Crippen molar-refractivity contribution in [3.8, 4) is 0 Å². The van der Waals surface area contributed by atoms with Crippen LogP contribution in [0.15, 0.2) is 0 Å². The highest BCUT2D eigenvalue weighted by Crippen LogP contribution is 2.07. The van der Waals surface area contributed by atoms with Gasteiger partial charge in [-0.3, -0.25) is 0 Å². The van der Waals surface area contributed by atoms with Gasteiger partial charge in [0.1, 0.15) is 6.04 Å². The van der Waals surface area contributed by atoms with Crippen molar-refractivity contribution in [2.45, 2.75) is 46.6 Å². The van der Waals surface area contributed by atoms with E-state index < -0.39 is 18.0 Å². The number of amides is 2. The van der Waals surface area contributed by atoms with Gasteiger partial charge in [0.25, 0.3) is 0 Å². The zero-order chi connectivity index (χ0) is 15.5. The Hall–Kier alpha value is -1.30. The highest BCUT2D eigenvalue weighted by Gasteiger charge is 2.24. The molecule has 0 saturated carbocycles. The summed E-state index contributed by atoms with van der Waals surface area (Å²) in [6.45, 7) is 9.41. The van der Waals surface area contributed by atoms with Crippen molar-refractivity contribution in [2.24, 2.45) is 11.8 Å². The number of ether oxygens (including phenoxy) is 1. The first-order valence-electron chi connectivity index (χ1n) is 7.23. The van der Waals surface area contributed by atoms with E-state index in [2.05, 4.69) is 24.5 Å². The Balaban J connectivity index is 3.83. The standard InChI is InChI=1S/C14H28N2O4/c1-5-11(4)12(13(17)18)16-14(19)15-7-9-20-8-6-10(2)3/h10-12H,5-9H2,1-4H3,(H,17,18)(H2,15,16,19)/t11?,12-/m0/s1. The predicted molar refractivity (Wildman–Crippen MR) is 77.7 cm³/mol. The van der Waals surface area contributed by atoms with Gasteiger partial charge in [0, 0.05) is 13.2 Å². The van der Waals surface area contributed by atoms with E-state index in [1.807, 2.05) is 6.92 Å². The molecule has 0 aliphatic heterocycles. The summed E-state index contributed by atoms with van der Waals surface area (Å²) in [6, 6.07) is -1.33. The summed E-state index contributed by atoms with van der Waals surface area (Å²) in [4.78, 5) is 22.6. The fourth-order valence-corrected chi connectivity index (χ4v) is 1.53. The minimum absolute atomic E-state index is 0.111. The van der Waals surface area contributed by atoms with E-state index in [-0.39, 0.29) is 5.92 Å². The van der Waals surface area contributed by atoms with Gasteiger partial charge in [0.2, 0.25) is 0 Å². The lowest BCUT2D eigenvalue weighted by atomic mass is 9.99. The van der Waals surface area contributed by atoms with Crippen LogP contribution in [0.1, 0.15) is 40.5 Å². The molecule has 0 aromatic carbocycles. The number of hydrogen-bond donors (Lipinski definition) is 3. The third kappa shape index (κ3) is 8.74. The smallest absolute Gasteiger partial charge is 0.326 e. The van der Waals surface area contributed by atoms with Crippen LogP contribution in [0.4, 0.5) is 4.79 Å². The maximum absolute atomic E-state index is 11.6. The second kappa shape index (κ2) is 10.5. The zero-order valence-electron chi connectivity index (χ0n) is 12.9. The van der Waals surface area contributed by atoms with Crippen LogP contribution in [-0.2, 0) is 9.53 Å².